The molecule has 5 rings (SSSR count). The predicted molar refractivity (Wildman–Crippen MR) is 448 cm³/mol. The molecule has 31 N–H and O–H groups in total. The molecule has 51 nitrogen and oxygen atoms in total. The number of hydrogen-bond donors (Lipinski definition) is 28. The molecular weight excluding hydrogens is 1700 g/mol. The smallest absolute Gasteiger partial charge is 0.322 e. The molecule has 2 aromatic heterocycles. The second-order valence-electron chi connectivity index (χ2n) is 30.7. The number of aliphatic carboxylic acids is 3. The van der Waals surface area contributed by atoms with Crippen molar-refractivity contribution in [3.05, 3.63) is 72.3 Å². The molecule has 16 amide bonds. The average Bonchev–Trinajstić information content (AvgIpc) is 1.66. The summed E-state index contributed by atoms with van der Waals surface area (Å²) >= 11 is 0. The molecule has 0 aliphatic carbocycles. The number of carbonyl (C=O) groups is 19. The van der Waals surface area contributed by atoms with E-state index < -0.39 is 281 Å². The van der Waals surface area contributed by atoms with Crippen LogP contribution in [0.5, 0.6) is 0 Å². The number of likely N-dealkylation sites (tertiary alicyclic amines) is 2. The first-order valence-electron chi connectivity index (χ1n) is 41.8. The SMILES string of the molecule is CC[C@H](C)[C@H](NC(=O)CNC(=O)[C@@H]1CCCN1C(=O)[C@H](Cc1c[nH]cn1)NC(=O)[C@H](Cc1c[nH]cn1)NC(=O)[C@H](CO)NC(=O)[C@H](CO)NC(=O)[C@H](CO)NC(=O)[C@H](CCC(=O)O)NC(=O)[C@@H](N)CCCCN)C(=O)N[C@@H](C)C(=O)N[C@@H](CCC(=O)O)C(=O)N[C@@H](Cc1ccccc1)C(=O)N1CCC[C@H]1C(=O)N[C@@H](CO)C(=O)N[C@@H](CCCNC(=N)N)C(=O)NCC(=O)O. The highest BCUT2D eigenvalue weighted by Crippen LogP contribution is 2.23. The third-order valence-corrected chi connectivity index (χ3v) is 20.9. The third-order valence-electron chi connectivity index (χ3n) is 20.9. The third kappa shape index (κ3) is 35.4. The molecule has 0 saturated carbocycles. The first-order chi connectivity index (χ1) is 61.4. The van der Waals surface area contributed by atoms with Crippen LogP contribution in [0.3, 0.4) is 0 Å². The number of aliphatic hydroxyl groups excluding tert-OH is 4. The van der Waals surface area contributed by atoms with Crippen LogP contribution in [0.4, 0.5) is 0 Å². The average molecular weight is 1820 g/mol. The summed E-state index contributed by atoms with van der Waals surface area (Å²) in [6, 6.07) is -15.6. The molecule has 0 spiro atoms. The molecule has 0 bridgehead atoms. The van der Waals surface area contributed by atoms with Crippen LogP contribution in [0.15, 0.2) is 55.4 Å². The molecule has 1 aromatic carbocycles. The lowest BCUT2D eigenvalue weighted by Crippen LogP contribution is -2.62. The van der Waals surface area contributed by atoms with Crippen molar-refractivity contribution in [2.75, 3.05) is 65.7 Å². The highest BCUT2D eigenvalue weighted by atomic mass is 16.4. The number of aliphatic hydroxyl groups is 4. The molecule has 2 aliphatic heterocycles. The van der Waals surface area contributed by atoms with E-state index in [4.69, 9.17) is 27.7 Å². The van der Waals surface area contributed by atoms with Crippen LogP contribution in [-0.4, -0.2) is 340 Å². The minimum Gasteiger partial charge on any atom is -0.481 e. The lowest BCUT2D eigenvalue weighted by molar-refractivity contribution is -0.143. The first kappa shape index (κ1) is 106. The standard InChI is InChI=1S/C78H119N25O26/c1-4-40(2)62(75(127)90-41(3)63(115)91-47(19-21-59(109)110)66(118)95-50(27-42-13-6-5-7-14-42)76(128)103-26-12-18-57(103)74(126)100-55(37-107)69(121)93-46(16-10-24-85-78(81)82)65(117)87-33-61(113)114)101-58(108)32-86-73(125)56-17-11-25-102(56)77(129)51(29-44-31-84-39-89-44)96-68(120)49(28-43-30-83-38-88-43)94-70(122)52(34-104)98-72(124)54(36-106)99-71(123)53(35-105)97-67(119)48(20-22-60(111)112)92-64(116)45(80)15-8-9-23-79/h5-7,13-14,30-31,38-41,45-57,62,104-107H,4,8-12,15-29,32-37,79-80H2,1-3H3,(H,83,88)(H,84,89)(H,86,125)(H,87,117)(H,90,127)(H,91,115)(H,92,116)(H,93,121)(H,94,122)(H,95,118)(H,96,120)(H,97,119)(H,98,124)(H,99,123)(H,100,126)(H,101,108)(H,109,110)(H,111,112)(H,113,114)(H4,81,82,85)/t40-,41-,45-,46-,47-,48-,49-,50-,51-,52-,53-,54-,55-,56-,57-,62-/m0/s1. The van der Waals surface area contributed by atoms with E-state index >= 15 is 0 Å². The molecule has 4 heterocycles. The van der Waals surface area contributed by atoms with Crippen molar-refractivity contribution in [1.82, 2.24) is 109 Å². The summed E-state index contributed by atoms with van der Waals surface area (Å²) in [5.41, 5.74) is 17.6. The van der Waals surface area contributed by atoms with Crippen molar-refractivity contribution in [2.45, 2.75) is 221 Å². The number of carboxylic acid groups (broad SMARTS) is 3. The Balaban J connectivity index is 1.24. The Bertz CT molecular complexity index is 4320. The number of imidazole rings is 2. The Morgan fingerprint density at radius 2 is 0.899 bits per heavy atom. The molecule has 0 radical (unpaired) electrons. The minimum absolute atomic E-state index is 0.00988. The van der Waals surface area contributed by atoms with Crippen molar-refractivity contribution in [3.63, 3.8) is 0 Å². The number of hydrogen-bond acceptors (Lipinski definition) is 28. The van der Waals surface area contributed by atoms with E-state index in [1.54, 1.807) is 44.2 Å². The second kappa shape index (κ2) is 54.6. The molecule has 2 fully saturated rings. The van der Waals surface area contributed by atoms with E-state index in [0.717, 1.165) is 9.80 Å². The molecule has 2 saturated heterocycles. The van der Waals surface area contributed by atoms with Gasteiger partial charge in [0.2, 0.25) is 94.5 Å². The van der Waals surface area contributed by atoms with Gasteiger partial charge in [-0.05, 0) is 89.2 Å². The Hall–Kier alpha value is -13.4. The van der Waals surface area contributed by atoms with Gasteiger partial charge in [0.05, 0.1) is 63.1 Å². The van der Waals surface area contributed by atoms with Gasteiger partial charge in [-0.1, -0.05) is 57.0 Å². The summed E-state index contributed by atoms with van der Waals surface area (Å²) in [4.78, 5) is 274. The van der Waals surface area contributed by atoms with Gasteiger partial charge in [-0.3, -0.25) is 96.5 Å². The van der Waals surface area contributed by atoms with Crippen molar-refractivity contribution < 1.29 is 127 Å². The molecule has 3 aromatic rings. The molecule has 2 aliphatic rings. The number of rotatable bonds is 57. The molecule has 16 atom stereocenters. The van der Waals surface area contributed by atoms with Crippen molar-refractivity contribution in [2.24, 2.45) is 23.1 Å². The van der Waals surface area contributed by atoms with Gasteiger partial charge in [-0.15, -0.1) is 0 Å². The van der Waals surface area contributed by atoms with Crippen molar-refractivity contribution in [3.8, 4) is 0 Å². The molecule has 51 heteroatoms. The normalized spacial score (nSPS) is 16.7. The number of carbonyl (C=O) groups excluding carboxylic acids is 16. The summed E-state index contributed by atoms with van der Waals surface area (Å²) in [5, 5.41) is 112. The van der Waals surface area contributed by atoms with E-state index in [-0.39, 0.29) is 101 Å². The Morgan fingerprint density at radius 1 is 0.465 bits per heavy atom. The zero-order valence-electron chi connectivity index (χ0n) is 71.4. The summed E-state index contributed by atoms with van der Waals surface area (Å²) < 4.78 is 0. The van der Waals surface area contributed by atoms with Gasteiger partial charge in [0.15, 0.2) is 5.96 Å². The van der Waals surface area contributed by atoms with Gasteiger partial charge in [-0.25, -0.2) is 9.97 Å². The highest BCUT2D eigenvalue weighted by Gasteiger charge is 2.44. The van der Waals surface area contributed by atoms with E-state index in [0.29, 0.717) is 24.9 Å². The van der Waals surface area contributed by atoms with Gasteiger partial charge in [0, 0.05) is 64.1 Å². The quantitative estimate of drug-likeness (QED) is 0.0142. The molecule has 712 valence electrons. The number of guanidine groups is 1. The molecule has 0 unspecified atom stereocenters. The largest absolute Gasteiger partial charge is 0.481 e. The lowest BCUT2D eigenvalue weighted by atomic mass is 9.98. The molecular formula is C78H119N25O26. The number of aromatic nitrogens is 4. The van der Waals surface area contributed by atoms with Crippen molar-refractivity contribution >= 4 is 118 Å². The minimum atomic E-state index is -1.98. The maximum atomic E-state index is 14.8. The number of aromatic amines is 2. The van der Waals surface area contributed by atoms with Crippen LogP contribution >= 0.6 is 0 Å². The highest BCUT2D eigenvalue weighted by molar-refractivity contribution is 6.01. The zero-order valence-corrected chi connectivity index (χ0v) is 71.4. The first-order valence-corrected chi connectivity index (χ1v) is 41.8. The van der Waals surface area contributed by atoms with Crippen LogP contribution in [0, 0.1) is 11.3 Å². The number of unbranched alkanes of at least 4 members (excludes halogenated alkanes) is 1. The van der Waals surface area contributed by atoms with Crippen LogP contribution in [0.1, 0.15) is 128 Å². The van der Waals surface area contributed by atoms with Gasteiger partial charge in [0.1, 0.15) is 91.1 Å². The van der Waals surface area contributed by atoms with E-state index in [1.165, 1.54) is 32.0 Å². The Kier molecular flexibility index (Phi) is 44.9. The number of benzene rings is 1. The summed E-state index contributed by atoms with van der Waals surface area (Å²) in [6.45, 7) is -1.47. The van der Waals surface area contributed by atoms with E-state index in [9.17, 15) is 122 Å². The van der Waals surface area contributed by atoms with Gasteiger partial charge in [0.25, 0.3) is 0 Å². The van der Waals surface area contributed by atoms with Crippen LogP contribution in [0.25, 0.3) is 0 Å². The number of nitrogens with zero attached hydrogens (tertiary/aromatic N) is 4. The van der Waals surface area contributed by atoms with Gasteiger partial charge in [-0.2, -0.15) is 0 Å². The zero-order chi connectivity index (χ0) is 95.6. The second-order valence-corrected chi connectivity index (χ2v) is 30.7. The van der Waals surface area contributed by atoms with Crippen molar-refractivity contribution in [1.29, 1.82) is 5.41 Å². The monoisotopic (exact) mass is 1820 g/mol. The van der Waals surface area contributed by atoms with E-state index in [2.05, 4.69) is 99.7 Å². The maximum absolute atomic E-state index is 14.8. The maximum Gasteiger partial charge on any atom is 0.322 e. The topological polar surface area (TPSA) is 812 Å². The fourth-order valence-corrected chi connectivity index (χ4v) is 13.6. The Morgan fingerprint density at radius 3 is 1.36 bits per heavy atom. The Labute approximate surface area is 739 Å². The van der Waals surface area contributed by atoms with Gasteiger partial charge >= 0.3 is 17.9 Å². The molecule has 129 heavy (non-hydrogen) atoms. The number of nitrogens with one attached hydrogen (secondary N) is 18. The number of amides is 16. The number of carboxylic acids is 3. The fraction of sp³-hybridized carbons (Fsp3) is 0.590. The lowest BCUT2D eigenvalue weighted by Gasteiger charge is -2.31. The van der Waals surface area contributed by atoms with E-state index in [1.807, 2.05) is 0 Å². The van der Waals surface area contributed by atoms with Gasteiger partial charge < -0.3 is 152 Å². The predicted octanol–water partition coefficient (Wildman–Crippen LogP) is -11.2. The number of nitrogens with two attached hydrogens (primary N) is 3. The van der Waals surface area contributed by atoms with Crippen LogP contribution in [0.2, 0.25) is 0 Å². The van der Waals surface area contributed by atoms with Crippen LogP contribution < -0.4 is 97.0 Å². The number of H-pyrrole nitrogens is 2. The summed E-state index contributed by atoms with van der Waals surface area (Å²) in [7, 11) is 0. The van der Waals surface area contributed by atoms with Crippen LogP contribution in [-0.2, 0) is 110 Å². The fourth-order valence-electron chi connectivity index (χ4n) is 13.6. The summed E-state index contributed by atoms with van der Waals surface area (Å²) in [6.07, 6.45) is 3.68. The summed E-state index contributed by atoms with van der Waals surface area (Å²) in [5.74, 6) is -21.7.